The highest BCUT2D eigenvalue weighted by Gasteiger charge is 2.13. The second kappa shape index (κ2) is 7.42. The van der Waals surface area contributed by atoms with E-state index in [1.54, 1.807) is 0 Å². The van der Waals surface area contributed by atoms with Crippen molar-refractivity contribution in [3.63, 3.8) is 0 Å². The van der Waals surface area contributed by atoms with E-state index < -0.39 is 0 Å². The minimum atomic E-state index is -0.232. The van der Waals surface area contributed by atoms with Crippen molar-refractivity contribution in [3.05, 3.63) is 29.3 Å². The molecule has 0 aromatic heterocycles. The number of benzene rings is 1. The van der Waals surface area contributed by atoms with Gasteiger partial charge in [-0.3, -0.25) is 4.79 Å². The van der Waals surface area contributed by atoms with E-state index in [4.69, 9.17) is 16.3 Å². The molecule has 0 spiro atoms. The van der Waals surface area contributed by atoms with Gasteiger partial charge in [-0.15, -0.1) is 0 Å². The molecule has 0 saturated carbocycles. The fourth-order valence-electron chi connectivity index (χ4n) is 1.85. The maximum absolute atomic E-state index is 11.1. The van der Waals surface area contributed by atoms with Gasteiger partial charge in [0.15, 0.2) is 0 Å². The SMILES string of the molecule is CC[C@H](CCCOc1cc(C)ccc1C)C(=O)Cl. The Hall–Kier alpha value is -1.02. The van der Waals surface area contributed by atoms with Gasteiger partial charge in [-0.25, -0.2) is 0 Å². The Kier molecular flexibility index (Phi) is 6.20. The molecule has 0 aliphatic heterocycles. The smallest absolute Gasteiger partial charge is 0.224 e. The lowest BCUT2D eigenvalue weighted by molar-refractivity contribution is -0.115. The third-order valence-electron chi connectivity index (χ3n) is 3.11. The van der Waals surface area contributed by atoms with E-state index in [2.05, 4.69) is 12.1 Å². The van der Waals surface area contributed by atoms with Crippen LogP contribution in [0.25, 0.3) is 0 Å². The highest BCUT2D eigenvalue weighted by atomic mass is 35.5. The van der Waals surface area contributed by atoms with Crippen LogP contribution in [-0.2, 0) is 4.79 Å². The first-order chi connectivity index (χ1) is 8.54. The zero-order valence-corrected chi connectivity index (χ0v) is 12.1. The summed E-state index contributed by atoms with van der Waals surface area (Å²) in [6.07, 6.45) is 2.44. The molecule has 0 saturated heterocycles. The monoisotopic (exact) mass is 268 g/mol. The summed E-state index contributed by atoms with van der Waals surface area (Å²) in [6.45, 7) is 6.69. The van der Waals surface area contributed by atoms with Gasteiger partial charge >= 0.3 is 0 Å². The van der Waals surface area contributed by atoms with Crippen molar-refractivity contribution in [2.45, 2.75) is 40.0 Å². The molecule has 100 valence electrons. The zero-order valence-electron chi connectivity index (χ0n) is 11.3. The number of aryl methyl sites for hydroxylation is 2. The molecule has 1 aromatic rings. The summed E-state index contributed by atoms with van der Waals surface area (Å²) in [4.78, 5) is 11.1. The molecule has 3 heteroatoms. The average molecular weight is 269 g/mol. The summed E-state index contributed by atoms with van der Waals surface area (Å²) in [5.41, 5.74) is 2.33. The average Bonchev–Trinajstić information content (AvgIpc) is 2.33. The molecule has 0 bridgehead atoms. The number of carbonyl (C=O) groups excluding carboxylic acids is 1. The van der Waals surface area contributed by atoms with Crippen molar-refractivity contribution in [1.82, 2.24) is 0 Å². The summed E-state index contributed by atoms with van der Waals surface area (Å²) in [6, 6.07) is 6.17. The minimum absolute atomic E-state index is 0.0335. The largest absolute Gasteiger partial charge is 0.493 e. The van der Waals surface area contributed by atoms with Gasteiger partial charge in [0.2, 0.25) is 5.24 Å². The van der Waals surface area contributed by atoms with E-state index in [9.17, 15) is 4.79 Å². The molecule has 1 rings (SSSR count). The van der Waals surface area contributed by atoms with Crippen molar-refractivity contribution in [2.24, 2.45) is 5.92 Å². The fraction of sp³-hybridized carbons (Fsp3) is 0.533. The number of rotatable bonds is 7. The first-order valence-corrected chi connectivity index (χ1v) is 6.81. The van der Waals surface area contributed by atoms with Crippen LogP contribution in [0.1, 0.15) is 37.3 Å². The fourth-order valence-corrected chi connectivity index (χ4v) is 2.12. The first-order valence-electron chi connectivity index (χ1n) is 6.44. The second-order valence-corrected chi connectivity index (χ2v) is 5.04. The minimum Gasteiger partial charge on any atom is -0.493 e. The predicted octanol–water partition coefficient (Wildman–Crippen LogP) is 4.25. The molecule has 0 aliphatic rings. The van der Waals surface area contributed by atoms with E-state index in [1.807, 2.05) is 26.8 Å². The Morgan fingerprint density at radius 1 is 1.39 bits per heavy atom. The van der Waals surface area contributed by atoms with Crippen molar-refractivity contribution in [3.8, 4) is 5.75 Å². The summed E-state index contributed by atoms with van der Waals surface area (Å²) < 4.78 is 5.74. The molecule has 0 aliphatic carbocycles. The van der Waals surface area contributed by atoms with Crippen LogP contribution in [0.4, 0.5) is 0 Å². The summed E-state index contributed by atoms with van der Waals surface area (Å²) in [7, 11) is 0. The lowest BCUT2D eigenvalue weighted by Crippen LogP contribution is -2.09. The lowest BCUT2D eigenvalue weighted by atomic mass is 10.0. The van der Waals surface area contributed by atoms with Gasteiger partial charge in [0.25, 0.3) is 0 Å². The van der Waals surface area contributed by atoms with Crippen molar-refractivity contribution < 1.29 is 9.53 Å². The van der Waals surface area contributed by atoms with E-state index in [0.29, 0.717) is 6.61 Å². The van der Waals surface area contributed by atoms with E-state index in [-0.39, 0.29) is 11.2 Å². The van der Waals surface area contributed by atoms with Crippen LogP contribution in [0.2, 0.25) is 0 Å². The number of hydrogen-bond donors (Lipinski definition) is 0. The van der Waals surface area contributed by atoms with Crippen LogP contribution < -0.4 is 4.74 Å². The van der Waals surface area contributed by atoms with Gasteiger partial charge in [0.1, 0.15) is 5.75 Å². The second-order valence-electron chi connectivity index (χ2n) is 4.67. The molecule has 0 heterocycles. The molecule has 0 radical (unpaired) electrons. The Morgan fingerprint density at radius 2 is 2.11 bits per heavy atom. The van der Waals surface area contributed by atoms with Crippen LogP contribution in [0.5, 0.6) is 5.75 Å². The van der Waals surface area contributed by atoms with Crippen LogP contribution in [-0.4, -0.2) is 11.8 Å². The van der Waals surface area contributed by atoms with Crippen LogP contribution in [0, 0.1) is 19.8 Å². The molecule has 1 aromatic carbocycles. The standard InChI is InChI=1S/C15H21ClO2/c1-4-13(15(16)17)6-5-9-18-14-10-11(2)7-8-12(14)3/h7-8,10,13H,4-6,9H2,1-3H3/t13-/m1/s1. The topological polar surface area (TPSA) is 26.3 Å². The first kappa shape index (κ1) is 15.0. The van der Waals surface area contributed by atoms with Gasteiger partial charge in [0.05, 0.1) is 6.61 Å². The molecule has 0 N–H and O–H groups in total. The Bertz CT molecular complexity index is 401. The molecule has 1 atom stereocenters. The maximum Gasteiger partial charge on any atom is 0.224 e. The summed E-state index contributed by atoms with van der Waals surface area (Å²) in [5.74, 6) is 0.897. The molecule has 18 heavy (non-hydrogen) atoms. The number of hydrogen-bond acceptors (Lipinski definition) is 2. The zero-order chi connectivity index (χ0) is 13.5. The molecular weight excluding hydrogens is 248 g/mol. The number of ether oxygens (including phenoxy) is 1. The molecular formula is C15H21ClO2. The van der Waals surface area contributed by atoms with Gasteiger partial charge in [-0.05, 0) is 61.9 Å². The third-order valence-corrected chi connectivity index (χ3v) is 3.42. The van der Waals surface area contributed by atoms with Gasteiger partial charge in [-0.2, -0.15) is 0 Å². The van der Waals surface area contributed by atoms with Crippen molar-refractivity contribution >= 4 is 16.8 Å². The lowest BCUT2D eigenvalue weighted by Gasteiger charge is -2.12. The molecule has 2 nitrogen and oxygen atoms in total. The van der Waals surface area contributed by atoms with Crippen molar-refractivity contribution in [2.75, 3.05) is 6.61 Å². The molecule has 0 fully saturated rings. The Balaban J connectivity index is 2.37. The Morgan fingerprint density at radius 3 is 2.72 bits per heavy atom. The summed E-state index contributed by atoms with van der Waals surface area (Å²) in [5, 5.41) is -0.232. The normalized spacial score (nSPS) is 12.2. The third kappa shape index (κ3) is 4.69. The molecule has 0 amide bonds. The summed E-state index contributed by atoms with van der Waals surface area (Å²) >= 11 is 5.51. The highest BCUT2D eigenvalue weighted by Crippen LogP contribution is 2.20. The van der Waals surface area contributed by atoms with Gasteiger partial charge < -0.3 is 4.74 Å². The number of carbonyl (C=O) groups is 1. The number of halogens is 1. The van der Waals surface area contributed by atoms with E-state index in [1.165, 1.54) is 5.56 Å². The van der Waals surface area contributed by atoms with Crippen LogP contribution in [0.15, 0.2) is 18.2 Å². The predicted molar refractivity (Wildman–Crippen MR) is 75.3 cm³/mol. The quantitative estimate of drug-likeness (QED) is 0.546. The van der Waals surface area contributed by atoms with Gasteiger partial charge in [0, 0.05) is 5.92 Å². The Labute approximate surface area is 114 Å². The maximum atomic E-state index is 11.1. The van der Waals surface area contributed by atoms with E-state index >= 15 is 0 Å². The van der Waals surface area contributed by atoms with E-state index in [0.717, 1.165) is 30.6 Å². The van der Waals surface area contributed by atoms with Gasteiger partial charge in [-0.1, -0.05) is 19.1 Å². The van der Waals surface area contributed by atoms with Crippen molar-refractivity contribution in [1.29, 1.82) is 0 Å². The molecule has 0 unspecified atom stereocenters. The van der Waals surface area contributed by atoms with Crippen LogP contribution in [0.3, 0.4) is 0 Å². The highest BCUT2D eigenvalue weighted by molar-refractivity contribution is 6.63. The van der Waals surface area contributed by atoms with Crippen LogP contribution >= 0.6 is 11.6 Å².